The minimum absolute atomic E-state index is 0.0193. The van der Waals surface area contributed by atoms with Gasteiger partial charge in [0.15, 0.2) is 5.58 Å². The van der Waals surface area contributed by atoms with Crippen molar-refractivity contribution in [1.82, 2.24) is 15.2 Å². The molecule has 3 N–H and O–H groups in total. The molecule has 38 heavy (non-hydrogen) atoms. The molecule has 2 aromatic heterocycles. The second-order valence-electron chi connectivity index (χ2n) is 8.76. The van der Waals surface area contributed by atoms with Crippen LogP contribution in [0.1, 0.15) is 21.7 Å². The molecule has 0 radical (unpaired) electrons. The Morgan fingerprint density at radius 3 is 2.66 bits per heavy atom. The molecule has 8 nitrogen and oxygen atoms in total. The molecule has 5 rings (SSSR count). The third-order valence-corrected chi connectivity index (χ3v) is 6.41. The number of nitrogens with two attached hydrogens (primary N) is 1. The Balaban J connectivity index is 1.29. The number of fused-ring (bicyclic) bond motifs is 1. The lowest BCUT2D eigenvalue weighted by Gasteiger charge is -2.27. The van der Waals surface area contributed by atoms with Crippen LogP contribution < -0.4 is 11.1 Å². The molecule has 0 unspecified atom stereocenters. The zero-order chi connectivity index (χ0) is 26.6. The van der Waals surface area contributed by atoms with Crippen molar-refractivity contribution in [3.63, 3.8) is 0 Å². The molecule has 0 spiro atoms. The van der Waals surface area contributed by atoms with E-state index in [1.807, 2.05) is 6.07 Å². The number of benzene rings is 2. The summed E-state index contributed by atoms with van der Waals surface area (Å²) < 4.78 is 26.0. The molecule has 1 aliphatic rings. The first-order valence-electron chi connectivity index (χ1n) is 11.9. The number of nitrogens with zero attached hydrogens (tertiary/aromatic N) is 2. The van der Waals surface area contributed by atoms with E-state index in [0.29, 0.717) is 65.0 Å². The fourth-order valence-corrected chi connectivity index (χ4v) is 4.41. The van der Waals surface area contributed by atoms with Gasteiger partial charge < -0.3 is 25.1 Å². The Hall–Kier alpha value is -4.21. The third kappa shape index (κ3) is 5.69. The van der Waals surface area contributed by atoms with E-state index in [1.165, 1.54) is 18.2 Å². The van der Waals surface area contributed by atoms with Gasteiger partial charge in [0.25, 0.3) is 5.91 Å². The highest BCUT2D eigenvalue weighted by Gasteiger charge is 2.22. The summed E-state index contributed by atoms with van der Waals surface area (Å²) in [5, 5.41) is 3.81. The number of halogens is 2. The van der Waals surface area contributed by atoms with Gasteiger partial charge in [0.2, 0.25) is 5.91 Å². The van der Waals surface area contributed by atoms with Crippen LogP contribution in [0.4, 0.5) is 10.2 Å². The topological polar surface area (TPSA) is 111 Å². The van der Waals surface area contributed by atoms with E-state index in [2.05, 4.69) is 10.3 Å². The molecule has 0 aliphatic carbocycles. The van der Waals surface area contributed by atoms with Crippen molar-refractivity contribution >= 4 is 46.3 Å². The van der Waals surface area contributed by atoms with E-state index < -0.39 is 5.82 Å². The zero-order valence-electron chi connectivity index (χ0n) is 20.2. The van der Waals surface area contributed by atoms with Crippen LogP contribution in [0.3, 0.4) is 0 Å². The van der Waals surface area contributed by atoms with Crippen molar-refractivity contribution in [2.75, 3.05) is 32.0 Å². The molecule has 1 fully saturated rings. The summed E-state index contributed by atoms with van der Waals surface area (Å²) in [5.41, 5.74) is 8.03. The molecule has 2 amide bonds. The van der Waals surface area contributed by atoms with Gasteiger partial charge in [0, 0.05) is 30.7 Å². The van der Waals surface area contributed by atoms with E-state index >= 15 is 0 Å². The van der Waals surface area contributed by atoms with Crippen molar-refractivity contribution in [1.29, 1.82) is 0 Å². The number of hydrogen-bond acceptors (Lipinski definition) is 6. The minimum atomic E-state index is -0.603. The second kappa shape index (κ2) is 11.0. The van der Waals surface area contributed by atoms with E-state index in [0.717, 1.165) is 5.56 Å². The molecule has 0 atom stereocenters. The number of nitrogens with one attached hydrogen (secondary N) is 1. The van der Waals surface area contributed by atoms with Crippen LogP contribution in [0.5, 0.6) is 0 Å². The zero-order valence-corrected chi connectivity index (χ0v) is 21.0. The van der Waals surface area contributed by atoms with E-state index in [9.17, 15) is 14.0 Å². The smallest absolute Gasteiger partial charge is 0.256 e. The number of furan rings is 1. The molecule has 2 aromatic carbocycles. The van der Waals surface area contributed by atoms with Crippen LogP contribution in [0, 0.1) is 5.82 Å². The van der Waals surface area contributed by atoms with Crippen LogP contribution in [0.15, 0.2) is 65.2 Å². The highest BCUT2D eigenvalue weighted by atomic mass is 35.5. The maximum Gasteiger partial charge on any atom is 0.256 e. The average Bonchev–Trinajstić information content (AvgIpc) is 3.35. The van der Waals surface area contributed by atoms with Gasteiger partial charge in [-0.05, 0) is 65.2 Å². The molecule has 4 aromatic rings. The number of ether oxygens (including phenoxy) is 1. The monoisotopic (exact) mass is 534 g/mol. The normalized spacial score (nSPS) is 13.8. The van der Waals surface area contributed by atoms with Crippen LogP contribution in [0.25, 0.3) is 28.2 Å². The summed E-state index contributed by atoms with van der Waals surface area (Å²) in [6, 6.07) is 13.2. The van der Waals surface area contributed by atoms with Crippen molar-refractivity contribution < 1.29 is 23.1 Å². The number of hydrogen-bond donors (Lipinski definition) is 2. The van der Waals surface area contributed by atoms with Gasteiger partial charge in [0.1, 0.15) is 17.4 Å². The lowest BCUT2D eigenvalue weighted by atomic mass is 10.0. The first-order valence-corrected chi connectivity index (χ1v) is 12.3. The summed E-state index contributed by atoms with van der Waals surface area (Å²) in [6.07, 6.45) is 4.59. The summed E-state index contributed by atoms with van der Waals surface area (Å²) in [6.45, 7) is 1.91. The van der Waals surface area contributed by atoms with Crippen molar-refractivity contribution in [2.45, 2.75) is 6.54 Å². The largest absolute Gasteiger partial charge is 0.458 e. The molecule has 10 heteroatoms. The average molecular weight is 535 g/mol. The maximum absolute atomic E-state index is 14.9. The summed E-state index contributed by atoms with van der Waals surface area (Å²) in [7, 11) is 0. The second-order valence-corrected chi connectivity index (χ2v) is 9.16. The Kier molecular flexibility index (Phi) is 7.39. The van der Waals surface area contributed by atoms with Gasteiger partial charge >= 0.3 is 0 Å². The molecule has 3 heterocycles. The first-order chi connectivity index (χ1) is 18.4. The summed E-state index contributed by atoms with van der Waals surface area (Å²) in [5.74, 6) is -0.357. The lowest BCUT2D eigenvalue weighted by molar-refractivity contribution is -0.116. The summed E-state index contributed by atoms with van der Waals surface area (Å²) in [4.78, 5) is 30.5. The molecule has 0 saturated carbocycles. The quantitative estimate of drug-likeness (QED) is 0.348. The van der Waals surface area contributed by atoms with Crippen molar-refractivity contribution in [3.8, 4) is 11.1 Å². The highest BCUT2D eigenvalue weighted by Crippen LogP contribution is 2.33. The molecular weight excluding hydrogens is 511 g/mol. The fourth-order valence-electron chi connectivity index (χ4n) is 4.14. The van der Waals surface area contributed by atoms with E-state index in [-0.39, 0.29) is 23.9 Å². The Morgan fingerprint density at radius 2 is 1.92 bits per heavy atom. The predicted octanol–water partition coefficient (Wildman–Crippen LogP) is 4.67. The standard InChI is InChI=1S/C28H24ClFN4O4/c29-23-13-19(18-3-4-22(24(30)14-18)28(36)34-7-9-37-10-8-34)11-20-12-21(38-27(20)23)16-33-26(35)6-2-17-1-5-25(31)32-15-17/h1-6,11-15H,7-10,16H2,(H2,31,32)(H,33,35)/b6-2+. The van der Waals surface area contributed by atoms with Gasteiger partial charge in [-0.3, -0.25) is 9.59 Å². The van der Waals surface area contributed by atoms with Crippen LogP contribution >= 0.6 is 11.6 Å². The Morgan fingerprint density at radius 1 is 1.11 bits per heavy atom. The number of rotatable bonds is 6. The van der Waals surface area contributed by atoms with Crippen LogP contribution in [0.2, 0.25) is 5.02 Å². The number of morpholine rings is 1. The number of pyridine rings is 1. The first kappa shape index (κ1) is 25.4. The SMILES string of the molecule is Nc1ccc(/C=C/C(=O)NCc2cc3cc(-c4ccc(C(=O)N5CCOCC5)c(F)c4)cc(Cl)c3o2)cn1. The fraction of sp³-hybridized carbons (Fsp3) is 0.179. The Bertz CT molecular complexity index is 1530. The van der Waals surface area contributed by atoms with Crippen LogP contribution in [-0.2, 0) is 16.1 Å². The van der Waals surface area contributed by atoms with Gasteiger partial charge in [-0.25, -0.2) is 9.37 Å². The number of anilines is 1. The van der Waals surface area contributed by atoms with E-state index in [4.69, 9.17) is 26.5 Å². The lowest BCUT2D eigenvalue weighted by Crippen LogP contribution is -2.41. The molecule has 1 saturated heterocycles. The minimum Gasteiger partial charge on any atom is -0.458 e. The van der Waals surface area contributed by atoms with Crippen molar-refractivity contribution in [2.24, 2.45) is 0 Å². The summed E-state index contributed by atoms with van der Waals surface area (Å²) >= 11 is 6.47. The van der Waals surface area contributed by atoms with Gasteiger partial charge in [0.05, 0.1) is 30.3 Å². The maximum atomic E-state index is 14.9. The van der Waals surface area contributed by atoms with Gasteiger partial charge in [-0.15, -0.1) is 0 Å². The number of carbonyl (C=O) groups excluding carboxylic acids is 2. The number of carbonyl (C=O) groups is 2. The third-order valence-electron chi connectivity index (χ3n) is 6.13. The highest BCUT2D eigenvalue weighted by molar-refractivity contribution is 6.35. The van der Waals surface area contributed by atoms with Crippen molar-refractivity contribution in [3.05, 3.63) is 88.5 Å². The Labute approximate surface area is 222 Å². The molecular formula is C28H24ClFN4O4. The molecule has 1 aliphatic heterocycles. The number of amides is 2. The van der Waals surface area contributed by atoms with Gasteiger partial charge in [-0.2, -0.15) is 0 Å². The molecule has 0 bridgehead atoms. The molecule has 194 valence electrons. The number of aromatic nitrogens is 1. The van der Waals surface area contributed by atoms with E-state index in [1.54, 1.807) is 47.5 Å². The predicted molar refractivity (Wildman–Crippen MR) is 143 cm³/mol. The van der Waals surface area contributed by atoms with Crippen LogP contribution in [-0.4, -0.2) is 48.0 Å². The van der Waals surface area contributed by atoms with Gasteiger partial charge in [-0.1, -0.05) is 17.7 Å². The number of nitrogen functional groups attached to an aromatic ring is 1.